The van der Waals surface area contributed by atoms with Crippen LogP contribution in [0.1, 0.15) is 16.8 Å². The maximum atomic E-state index is 9.12. The van der Waals surface area contributed by atoms with E-state index in [1.807, 2.05) is 12.1 Å². The Morgan fingerprint density at radius 1 is 1.31 bits per heavy atom. The molecule has 0 saturated heterocycles. The molecule has 0 atom stereocenters. The predicted octanol–water partition coefficient (Wildman–Crippen LogP) is 2.28. The van der Waals surface area contributed by atoms with Crippen molar-refractivity contribution in [3.8, 4) is 0 Å². The molecule has 2 nitrogen and oxygen atoms in total. The van der Waals surface area contributed by atoms with Gasteiger partial charge in [-0.3, -0.25) is 0 Å². The lowest BCUT2D eigenvalue weighted by molar-refractivity contribution is 0.283. The molecule has 0 aliphatic rings. The zero-order chi connectivity index (χ0) is 9.42. The second-order valence-electron chi connectivity index (χ2n) is 3.37. The Morgan fingerprint density at radius 3 is 2.77 bits per heavy atom. The Kier molecular flexibility index (Phi) is 1.85. The molecule has 0 fully saturated rings. The summed E-state index contributed by atoms with van der Waals surface area (Å²) in [7, 11) is 0. The number of aryl methyl sites for hydroxylation is 2. The molecule has 1 aromatic heterocycles. The maximum absolute atomic E-state index is 9.12. The van der Waals surface area contributed by atoms with Crippen LogP contribution in [0.4, 0.5) is 0 Å². The van der Waals surface area contributed by atoms with Crippen molar-refractivity contribution in [1.29, 1.82) is 0 Å². The smallest absolute Gasteiger partial charge is 0.0702 e. The lowest BCUT2D eigenvalue weighted by Gasteiger charge is -1.97. The molecule has 2 heteroatoms. The van der Waals surface area contributed by atoms with E-state index in [0.29, 0.717) is 0 Å². The Labute approximate surface area is 77.2 Å². The number of aliphatic hydroxyl groups excluding tert-OH is 1. The van der Waals surface area contributed by atoms with Gasteiger partial charge in [-0.05, 0) is 19.4 Å². The van der Waals surface area contributed by atoms with E-state index < -0.39 is 0 Å². The van der Waals surface area contributed by atoms with Gasteiger partial charge in [0.15, 0.2) is 0 Å². The van der Waals surface area contributed by atoms with E-state index >= 15 is 0 Å². The van der Waals surface area contributed by atoms with Gasteiger partial charge in [0.1, 0.15) is 0 Å². The largest absolute Gasteiger partial charge is 0.392 e. The van der Waals surface area contributed by atoms with Crippen molar-refractivity contribution < 1.29 is 5.11 Å². The molecule has 2 aromatic rings. The third-order valence-electron chi connectivity index (χ3n) is 2.60. The van der Waals surface area contributed by atoms with Gasteiger partial charge in [-0.1, -0.05) is 18.2 Å². The molecular formula is C11H13NO. The molecule has 0 spiro atoms. The molecule has 0 radical (unpaired) electrons. The molecule has 0 saturated carbocycles. The van der Waals surface area contributed by atoms with Gasteiger partial charge in [0.2, 0.25) is 0 Å². The van der Waals surface area contributed by atoms with Gasteiger partial charge in [-0.25, -0.2) is 0 Å². The molecule has 68 valence electrons. The van der Waals surface area contributed by atoms with Crippen molar-refractivity contribution in [3.63, 3.8) is 0 Å². The summed E-state index contributed by atoms with van der Waals surface area (Å²) in [5.74, 6) is 0. The fourth-order valence-electron chi connectivity index (χ4n) is 1.68. The van der Waals surface area contributed by atoms with Crippen LogP contribution < -0.4 is 0 Å². The second-order valence-corrected chi connectivity index (χ2v) is 3.37. The van der Waals surface area contributed by atoms with E-state index in [9.17, 15) is 0 Å². The van der Waals surface area contributed by atoms with E-state index in [2.05, 4.69) is 24.9 Å². The first-order chi connectivity index (χ1) is 6.24. The molecule has 0 bridgehead atoms. The van der Waals surface area contributed by atoms with Crippen LogP contribution in [-0.4, -0.2) is 10.1 Å². The van der Waals surface area contributed by atoms with Gasteiger partial charge >= 0.3 is 0 Å². The lowest BCUT2D eigenvalue weighted by Crippen LogP contribution is -1.84. The molecule has 2 N–H and O–H groups in total. The predicted molar refractivity (Wildman–Crippen MR) is 53.7 cm³/mol. The number of aliphatic hydroxyl groups is 1. The highest BCUT2D eigenvalue weighted by molar-refractivity contribution is 5.86. The molecular weight excluding hydrogens is 162 g/mol. The minimum atomic E-state index is 0.0940. The number of nitrogens with one attached hydrogen (secondary N) is 1. The van der Waals surface area contributed by atoms with Crippen LogP contribution >= 0.6 is 0 Å². The number of hydrogen-bond donors (Lipinski definition) is 2. The van der Waals surface area contributed by atoms with Crippen LogP contribution in [0.5, 0.6) is 0 Å². The van der Waals surface area contributed by atoms with Crippen LogP contribution in [0.3, 0.4) is 0 Å². The van der Waals surface area contributed by atoms with Gasteiger partial charge in [-0.2, -0.15) is 0 Å². The SMILES string of the molecule is Cc1[nH]c2c(CO)cccc2c1C. The molecule has 1 aromatic carbocycles. The summed E-state index contributed by atoms with van der Waals surface area (Å²) in [5, 5.41) is 10.3. The van der Waals surface area contributed by atoms with Gasteiger partial charge in [-0.15, -0.1) is 0 Å². The third-order valence-corrected chi connectivity index (χ3v) is 2.60. The van der Waals surface area contributed by atoms with Crippen LogP contribution in [0, 0.1) is 13.8 Å². The molecule has 0 amide bonds. The van der Waals surface area contributed by atoms with Crippen molar-refractivity contribution >= 4 is 10.9 Å². The second kappa shape index (κ2) is 2.89. The zero-order valence-electron chi connectivity index (χ0n) is 7.89. The van der Waals surface area contributed by atoms with Crippen molar-refractivity contribution in [2.75, 3.05) is 0 Å². The number of aromatic nitrogens is 1. The van der Waals surface area contributed by atoms with Gasteiger partial charge in [0.25, 0.3) is 0 Å². The summed E-state index contributed by atoms with van der Waals surface area (Å²) in [4.78, 5) is 3.29. The van der Waals surface area contributed by atoms with E-state index in [-0.39, 0.29) is 6.61 Å². The number of para-hydroxylation sites is 1. The highest BCUT2D eigenvalue weighted by Crippen LogP contribution is 2.23. The fourth-order valence-corrected chi connectivity index (χ4v) is 1.68. The minimum absolute atomic E-state index is 0.0940. The van der Waals surface area contributed by atoms with Crippen molar-refractivity contribution in [2.24, 2.45) is 0 Å². The van der Waals surface area contributed by atoms with Crippen molar-refractivity contribution in [1.82, 2.24) is 4.98 Å². The Balaban J connectivity index is 2.84. The first kappa shape index (κ1) is 8.32. The topological polar surface area (TPSA) is 36.0 Å². The summed E-state index contributed by atoms with van der Waals surface area (Å²) in [6.07, 6.45) is 0. The monoisotopic (exact) mass is 175 g/mol. The molecule has 0 aliphatic heterocycles. The Hall–Kier alpha value is -1.28. The van der Waals surface area contributed by atoms with Crippen LogP contribution in [-0.2, 0) is 6.61 Å². The summed E-state index contributed by atoms with van der Waals surface area (Å²) >= 11 is 0. The van der Waals surface area contributed by atoms with E-state index in [1.54, 1.807) is 0 Å². The van der Waals surface area contributed by atoms with Crippen LogP contribution in [0.25, 0.3) is 10.9 Å². The maximum Gasteiger partial charge on any atom is 0.0702 e. The average molecular weight is 175 g/mol. The number of hydrogen-bond acceptors (Lipinski definition) is 1. The van der Waals surface area contributed by atoms with Crippen LogP contribution in [0.15, 0.2) is 18.2 Å². The average Bonchev–Trinajstić information content (AvgIpc) is 2.43. The third kappa shape index (κ3) is 1.14. The number of fused-ring (bicyclic) bond motifs is 1. The Morgan fingerprint density at radius 2 is 2.08 bits per heavy atom. The minimum Gasteiger partial charge on any atom is -0.392 e. The lowest BCUT2D eigenvalue weighted by atomic mass is 10.1. The fraction of sp³-hybridized carbons (Fsp3) is 0.273. The molecule has 0 aliphatic carbocycles. The Bertz CT molecular complexity index is 443. The molecule has 13 heavy (non-hydrogen) atoms. The quantitative estimate of drug-likeness (QED) is 0.685. The van der Waals surface area contributed by atoms with Crippen LogP contribution in [0.2, 0.25) is 0 Å². The normalized spacial score (nSPS) is 11.0. The molecule has 1 heterocycles. The van der Waals surface area contributed by atoms with Crippen molar-refractivity contribution in [3.05, 3.63) is 35.0 Å². The van der Waals surface area contributed by atoms with E-state index in [0.717, 1.165) is 11.1 Å². The highest BCUT2D eigenvalue weighted by Gasteiger charge is 2.06. The number of aromatic amines is 1. The first-order valence-electron chi connectivity index (χ1n) is 4.41. The first-order valence-corrected chi connectivity index (χ1v) is 4.41. The standard InChI is InChI=1S/C11H13NO/c1-7-8(2)12-11-9(6-13)4-3-5-10(7)11/h3-5,12-13H,6H2,1-2H3. The summed E-state index contributed by atoms with van der Waals surface area (Å²) in [6, 6.07) is 6.00. The van der Waals surface area contributed by atoms with Crippen molar-refractivity contribution in [2.45, 2.75) is 20.5 Å². The number of rotatable bonds is 1. The number of H-pyrrole nitrogens is 1. The molecule has 0 unspecified atom stereocenters. The summed E-state index contributed by atoms with van der Waals surface area (Å²) in [5.41, 5.74) is 4.48. The van der Waals surface area contributed by atoms with E-state index in [4.69, 9.17) is 5.11 Å². The summed E-state index contributed by atoms with van der Waals surface area (Å²) < 4.78 is 0. The van der Waals surface area contributed by atoms with Gasteiger partial charge in [0.05, 0.1) is 12.1 Å². The zero-order valence-corrected chi connectivity index (χ0v) is 7.89. The molecule has 2 rings (SSSR count). The highest BCUT2D eigenvalue weighted by atomic mass is 16.3. The number of benzene rings is 1. The van der Waals surface area contributed by atoms with Gasteiger partial charge in [0, 0.05) is 16.6 Å². The van der Waals surface area contributed by atoms with Gasteiger partial charge < -0.3 is 10.1 Å². The summed E-state index contributed by atoms with van der Waals surface area (Å²) in [6.45, 7) is 4.24. The van der Waals surface area contributed by atoms with E-state index in [1.165, 1.54) is 16.6 Å².